The summed E-state index contributed by atoms with van der Waals surface area (Å²) in [5.74, 6) is -0.101. The molecule has 0 spiro atoms. The zero-order valence-corrected chi connectivity index (χ0v) is 10.3. The van der Waals surface area contributed by atoms with Crippen LogP contribution in [-0.4, -0.2) is 36.3 Å². The van der Waals surface area contributed by atoms with Crippen molar-refractivity contribution in [2.45, 2.75) is 19.1 Å². The Kier molecular flexibility index (Phi) is 4.14. The van der Waals surface area contributed by atoms with Crippen molar-refractivity contribution in [2.24, 2.45) is 5.92 Å². The van der Waals surface area contributed by atoms with Gasteiger partial charge in [-0.1, -0.05) is 0 Å². The first kappa shape index (κ1) is 13.9. The monoisotopic (exact) mass is 275 g/mol. The van der Waals surface area contributed by atoms with Crippen molar-refractivity contribution >= 4 is 5.91 Å². The predicted octanol–water partition coefficient (Wildman–Crippen LogP) is 1.39. The highest BCUT2D eigenvalue weighted by Gasteiger charge is 2.29. The Morgan fingerprint density at radius 3 is 2.95 bits per heavy atom. The molecule has 1 aromatic rings. The summed E-state index contributed by atoms with van der Waals surface area (Å²) in [4.78, 5) is 11.8. The van der Waals surface area contributed by atoms with Gasteiger partial charge in [-0.3, -0.25) is 4.79 Å². The Balaban J connectivity index is 1.93. The lowest BCUT2D eigenvalue weighted by atomic mass is 10.1. The summed E-state index contributed by atoms with van der Waals surface area (Å²) in [5.41, 5.74) is 0.0447. The van der Waals surface area contributed by atoms with Gasteiger partial charge in [-0.05, 0) is 37.6 Å². The molecule has 0 radical (unpaired) electrons. The molecule has 1 fully saturated rings. The van der Waals surface area contributed by atoms with E-state index in [-0.39, 0.29) is 5.69 Å². The zero-order chi connectivity index (χ0) is 13.9. The number of aromatic nitrogens is 1. The average Bonchev–Trinajstić information content (AvgIpc) is 2.94. The van der Waals surface area contributed by atoms with Crippen LogP contribution < -0.4 is 10.6 Å². The molecule has 106 valence electrons. The number of carbonyl (C=O) groups is 1. The van der Waals surface area contributed by atoms with E-state index in [1.807, 2.05) is 0 Å². The largest absolute Gasteiger partial charge is 0.406 e. The van der Waals surface area contributed by atoms with Crippen LogP contribution in [0.1, 0.15) is 16.9 Å². The number of carbonyl (C=O) groups excluding carboxylic acids is 1. The van der Waals surface area contributed by atoms with Gasteiger partial charge in [0.15, 0.2) is 0 Å². The number of nitrogens with one attached hydrogen (secondary N) is 2. The number of halogens is 3. The van der Waals surface area contributed by atoms with Crippen molar-refractivity contribution < 1.29 is 18.0 Å². The maximum absolute atomic E-state index is 12.3. The minimum Gasteiger partial charge on any atom is -0.350 e. The van der Waals surface area contributed by atoms with E-state index in [0.29, 0.717) is 12.5 Å². The highest BCUT2D eigenvalue weighted by Crippen LogP contribution is 2.19. The van der Waals surface area contributed by atoms with E-state index in [1.54, 1.807) is 0 Å². The smallest absolute Gasteiger partial charge is 0.350 e. The Morgan fingerprint density at radius 2 is 2.32 bits per heavy atom. The van der Waals surface area contributed by atoms with Crippen molar-refractivity contribution in [3.63, 3.8) is 0 Å². The van der Waals surface area contributed by atoms with Gasteiger partial charge in [0.2, 0.25) is 0 Å². The van der Waals surface area contributed by atoms with Gasteiger partial charge in [-0.15, -0.1) is 0 Å². The second-order valence-corrected chi connectivity index (χ2v) is 4.71. The van der Waals surface area contributed by atoms with Crippen LogP contribution in [0, 0.1) is 5.92 Å². The van der Waals surface area contributed by atoms with Crippen molar-refractivity contribution in [3.05, 3.63) is 24.0 Å². The van der Waals surface area contributed by atoms with Gasteiger partial charge in [0, 0.05) is 12.7 Å². The van der Waals surface area contributed by atoms with Crippen LogP contribution >= 0.6 is 0 Å². The van der Waals surface area contributed by atoms with Gasteiger partial charge in [0.1, 0.15) is 12.2 Å². The molecule has 2 rings (SSSR count). The molecule has 2 N–H and O–H groups in total. The van der Waals surface area contributed by atoms with E-state index in [0.717, 1.165) is 24.1 Å². The summed E-state index contributed by atoms with van der Waals surface area (Å²) < 4.78 is 37.9. The quantitative estimate of drug-likeness (QED) is 0.872. The summed E-state index contributed by atoms with van der Waals surface area (Å²) in [6, 6.07) is 2.84. The summed E-state index contributed by atoms with van der Waals surface area (Å²) in [6.07, 6.45) is -2.09. The molecular formula is C12H16F3N3O. The molecule has 1 saturated heterocycles. The molecule has 1 aliphatic rings. The topological polar surface area (TPSA) is 46.1 Å². The second-order valence-electron chi connectivity index (χ2n) is 4.71. The normalized spacial score (nSPS) is 19.6. The van der Waals surface area contributed by atoms with Crippen molar-refractivity contribution in [2.75, 3.05) is 19.6 Å². The number of hydrogen-bond donors (Lipinski definition) is 2. The number of rotatable bonds is 4. The van der Waals surface area contributed by atoms with E-state index >= 15 is 0 Å². The van der Waals surface area contributed by atoms with Gasteiger partial charge in [0.25, 0.3) is 5.91 Å². The van der Waals surface area contributed by atoms with Crippen LogP contribution in [-0.2, 0) is 6.54 Å². The SMILES string of the molecule is O=C(NCC1CCNC1)c1cccn1CC(F)(F)F. The highest BCUT2D eigenvalue weighted by atomic mass is 19.4. The molecule has 0 bridgehead atoms. The van der Waals surface area contributed by atoms with Gasteiger partial charge in [0.05, 0.1) is 0 Å². The first-order valence-corrected chi connectivity index (χ1v) is 6.16. The number of alkyl halides is 3. The molecule has 4 nitrogen and oxygen atoms in total. The van der Waals surface area contributed by atoms with Crippen LogP contribution in [0.4, 0.5) is 13.2 Å². The summed E-state index contributed by atoms with van der Waals surface area (Å²) >= 11 is 0. The Bertz CT molecular complexity index is 436. The van der Waals surface area contributed by atoms with Crippen LogP contribution in [0.5, 0.6) is 0 Å². The lowest BCUT2D eigenvalue weighted by molar-refractivity contribution is -0.140. The molecule has 1 aromatic heterocycles. The van der Waals surface area contributed by atoms with Gasteiger partial charge in [-0.2, -0.15) is 13.2 Å². The minimum absolute atomic E-state index is 0.0447. The second kappa shape index (κ2) is 5.64. The molecule has 1 unspecified atom stereocenters. The van der Waals surface area contributed by atoms with Crippen LogP contribution in [0.15, 0.2) is 18.3 Å². The molecule has 0 aromatic carbocycles. The van der Waals surface area contributed by atoms with Crippen LogP contribution in [0.2, 0.25) is 0 Å². The van der Waals surface area contributed by atoms with E-state index in [1.165, 1.54) is 18.3 Å². The van der Waals surface area contributed by atoms with E-state index < -0.39 is 18.6 Å². The van der Waals surface area contributed by atoms with E-state index in [4.69, 9.17) is 0 Å². The fraction of sp³-hybridized carbons (Fsp3) is 0.583. The third-order valence-corrected chi connectivity index (χ3v) is 3.13. The fourth-order valence-corrected chi connectivity index (χ4v) is 2.17. The first-order valence-electron chi connectivity index (χ1n) is 6.16. The lowest BCUT2D eigenvalue weighted by Crippen LogP contribution is -2.32. The standard InChI is InChI=1S/C12H16F3N3O/c13-12(14,15)8-18-5-1-2-10(18)11(19)17-7-9-3-4-16-6-9/h1-2,5,9,16H,3-4,6-8H2,(H,17,19). The molecule has 0 saturated carbocycles. The van der Waals surface area contributed by atoms with Crippen LogP contribution in [0.3, 0.4) is 0 Å². The number of nitrogens with zero attached hydrogens (tertiary/aromatic N) is 1. The number of amides is 1. The predicted molar refractivity (Wildman–Crippen MR) is 63.8 cm³/mol. The van der Waals surface area contributed by atoms with Gasteiger partial charge in [-0.25, -0.2) is 0 Å². The zero-order valence-electron chi connectivity index (χ0n) is 10.3. The highest BCUT2D eigenvalue weighted by molar-refractivity contribution is 5.92. The van der Waals surface area contributed by atoms with Crippen molar-refractivity contribution in [1.82, 2.24) is 15.2 Å². The maximum atomic E-state index is 12.3. The van der Waals surface area contributed by atoms with E-state index in [2.05, 4.69) is 10.6 Å². The molecular weight excluding hydrogens is 259 g/mol. The molecule has 19 heavy (non-hydrogen) atoms. The Labute approximate surface area is 109 Å². The Hall–Kier alpha value is -1.50. The van der Waals surface area contributed by atoms with Gasteiger partial charge >= 0.3 is 6.18 Å². The molecule has 2 heterocycles. The van der Waals surface area contributed by atoms with Crippen molar-refractivity contribution in [1.29, 1.82) is 0 Å². The molecule has 7 heteroatoms. The summed E-state index contributed by atoms with van der Waals surface area (Å²) in [7, 11) is 0. The average molecular weight is 275 g/mol. The molecule has 1 aliphatic heterocycles. The van der Waals surface area contributed by atoms with E-state index in [9.17, 15) is 18.0 Å². The maximum Gasteiger partial charge on any atom is 0.406 e. The van der Waals surface area contributed by atoms with Crippen LogP contribution in [0.25, 0.3) is 0 Å². The summed E-state index contributed by atoms with van der Waals surface area (Å²) in [6.45, 7) is 1.10. The first-order chi connectivity index (χ1) is 8.96. The fourth-order valence-electron chi connectivity index (χ4n) is 2.17. The molecule has 0 aliphatic carbocycles. The van der Waals surface area contributed by atoms with Crippen molar-refractivity contribution in [3.8, 4) is 0 Å². The third-order valence-electron chi connectivity index (χ3n) is 3.13. The molecule has 1 atom stereocenters. The van der Waals surface area contributed by atoms with Gasteiger partial charge < -0.3 is 15.2 Å². The minimum atomic E-state index is -4.33. The molecule has 1 amide bonds. The summed E-state index contributed by atoms with van der Waals surface area (Å²) in [5, 5.41) is 5.85. The third kappa shape index (κ3) is 3.99. The lowest BCUT2D eigenvalue weighted by Gasteiger charge is -2.13. The number of hydrogen-bond acceptors (Lipinski definition) is 2. The Morgan fingerprint density at radius 1 is 1.53 bits per heavy atom.